The molecule has 3 rings (SSSR count). The molecule has 1 N–H and O–H groups in total. The van der Waals surface area contributed by atoms with Crippen molar-refractivity contribution in [2.24, 2.45) is 0 Å². The molecule has 33 heavy (non-hydrogen) atoms. The minimum atomic E-state index is -0.745. The summed E-state index contributed by atoms with van der Waals surface area (Å²) in [6, 6.07) is 22.1. The van der Waals surface area contributed by atoms with E-state index >= 15 is 0 Å². The molecule has 1 atom stereocenters. The van der Waals surface area contributed by atoms with Crippen molar-refractivity contribution in [2.75, 3.05) is 13.2 Å². The number of benzene rings is 3. The molecular weight excluding hydrogens is 534 g/mol. The zero-order valence-electron chi connectivity index (χ0n) is 18.3. The van der Waals surface area contributed by atoms with Crippen LogP contribution in [0.5, 0.6) is 5.75 Å². The lowest BCUT2D eigenvalue weighted by atomic mass is 10.0. The van der Waals surface area contributed by atoms with Crippen molar-refractivity contribution in [3.8, 4) is 5.75 Å². The van der Waals surface area contributed by atoms with Crippen LogP contribution in [-0.4, -0.2) is 35.9 Å². The van der Waals surface area contributed by atoms with Crippen molar-refractivity contribution in [1.82, 2.24) is 10.2 Å². The minimum Gasteiger partial charge on any atom is -0.484 e. The molecule has 7 heteroatoms. The molecule has 0 aliphatic rings. The zero-order valence-corrected chi connectivity index (χ0v) is 20.5. The molecule has 0 bridgehead atoms. The summed E-state index contributed by atoms with van der Waals surface area (Å²) in [6.45, 7) is 2.22. The lowest BCUT2D eigenvalue weighted by molar-refractivity contribution is -0.142. The van der Waals surface area contributed by atoms with Crippen LogP contribution in [-0.2, 0) is 22.6 Å². The molecule has 0 aliphatic heterocycles. The first-order valence-electron chi connectivity index (χ1n) is 10.7. The summed E-state index contributed by atoms with van der Waals surface area (Å²) in [7, 11) is 0. The fourth-order valence-corrected chi connectivity index (χ4v) is 3.75. The Kier molecular flexibility index (Phi) is 9.24. The van der Waals surface area contributed by atoms with E-state index in [9.17, 15) is 14.0 Å². The highest BCUT2D eigenvalue weighted by atomic mass is 127. The summed E-state index contributed by atoms with van der Waals surface area (Å²) in [5.41, 5.74) is 1.66. The first kappa shape index (κ1) is 24.7. The zero-order chi connectivity index (χ0) is 23.6. The number of rotatable bonds is 10. The number of nitrogens with zero attached hydrogens (tertiary/aromatic N) is 1. The van der Waals surface area contributed by atoms with Gasteiger partial charge in [-0.05, 0) is 77.0 Å². The van der Waals surface area contributed by atoms with Crippen molar-refractivity contribution in [3.05, 3.63) is 99.4 Å². The lowest BCUT2D eigenvalue weighted by Crippen LogP contribution is -2.51. The fraction of sp³-hybridized carbons (Fsp3) is 0.231. The van der Waals surface area contributed by atoms with Crippen LogP contribution < -0.4 is 10.1 Å². The molecule has 2 amide bonds. The van der Waals surface area contributed by atoms with Gasteiger partial charge in [0.25, 0.3) is 5.91 Å². The van der Waals surface area contributed by atoms with Gasteiger partial charge in [0.15, 0.2) is 6.61 Å². The number of hydrogen-bond donors (Lipinski definition) is 1. The Hall–Kier alpha value is -2.94. The normalized spacial score (nSPS) is 11.5. The van der Waals surface area contributed by atoms with Gasteiger partial charge in [-0.2, -0.15) is 0 Å². The molecule has 3 aromatic carbocycles. The van der Waals surface area contributed by atoms with E-state index in [1.807, 2.05) is 49.4 Å². The van der Waals surface area contributed by atoms with Crippen LogP contribution in [0.4, 0.5) is 4.39 Å². The van der Waals surface area contributed by atoms with Crippen molar-refractivity contribution in [1.29, 1.82) is 0 Å². The Balaban J connectivity index is 1.87. The Morgan fingerprint density at radius 3 is 2.27 bits per heavy atom. The van der Waals surface area contributed by atoms with Gasteiger partial charge < -0.3 is 15.0 Å². The molecule has 0 radical (unpaired) electrons. The van der Waals surface area contributed by atoms with Crippen LogP contribution >= 0.6 is 22.6 Å². The minimum absolute atomic E-state index is 0.157. The third-order valence-electron chi connectivity index (χ3n) is 5.06. The Morgan fingerprint density at radius 2 is 1.64 bits per heavy atom. The van der Waals surface area contributed by atoms with E-state index in [2.05, 4.69) is 27.9 Å². The van der Waals surface area contributed by atoms with Crippen LogP contribution in [0.15, 0.2) is 78.9 Å². The van der Waals surface area contributed by atoms with Gasteiger partial charge in [0, 0.05) is 23.1 Å². The van der Waals surface area contributed by atoms with Gasteiger partial charge >= 0.3 is 0 Å². The highest BCUT2D eigenvalue weighted by Gasteiger charge is 2.30. The number of nitrogens with one attached hydrogen (secondary N) is 1. The highest BCUT2D eigenvalue weighted by Crippen LogP contribution is 2.17. The van der Waals surface area contributed by atoms with E-state index in [4.69, 9.17) is 4.74 Å². The standard InChI is InChI=1S/C26H26FIN2O3/c1-2-29-26(32)24(16-19-6-4-3-5-7-19)30(17-20-8-10-21(27)11-9-20)25(31)18-33-23-14-12-22(28)13-15-23/h3-15,24H,2,16-18H2,1H3,(H,29,32)/t24-/m0/s1. The number of amides is 2. The van der Waals surface area contributed by atoms with Gasteiger partial charge in [-0.1, -0.05) is 42.5 Å². The molecule has 0 aromatic heterocycles. The molecule has 0 saturated carbocycles. The van der Waals surface area contributed by atoms with Gasteiger partial charge in [-0.25, -0.2) is 4.39 Å². The molecule has 0 aliphatic carbocycles. The quantitative estimate of drug-likeness (QED) is 0.370. The predicted molar refractivity (Wildman–Crippen MR) is 134 cm³/mol. The molecule has 0 unspecified atom stereocenters. The Morgan fingerprint density at radius 1 is 0.970 bits per heavy atom. The van der Waals surface area contributed by atoms with Crippen LogP contribution in [0.25, 0.3) is 0 Å². The van der Waals surface area contributed by atoms with Crippen LogP contribution in [0.2, 0.25) is 0 Å². The summed E-state index contributed by atoms with van der Waals surface area (Å²) in [6.07, 6.45) is 0.350. The molecule has 0 heterocycles. The van der Waals surface area contributed by atoms with Crippen LogP contribution in [0, 0.1) is 9.39 Å². The second kappa shape index (κ2) is 12.3. The molecule has 3 aromatic rings. The maximum absolute atomic E-state index is 13.4. The Labute approximate surface area is 207 Å². The summed E-state index contributed by atoms with van der Waals surface area (Å²) in [4.78, 5) is 27.9. The number of carbonyl (C=O) groups is 2. The molecule has 0 spiro atoms. The second-order valence-corrected chi connectivity index (χ2v) is 8.74. The van der Waals surface area contributed by atoms with E-state index in [0.29, 0.717) is 18.7 Å². The molecule has 5 nitrogen and oxygen atoms in total. The van der Waals surface area contributed by atoms with Gasteiger partial charge in [0.1, 0.15) is 17.6 Å². The van der Waals surface area contributed by atoms with E-state index in [-0.39, 0.29) is 30.8 Å². The van der Waals surface area contributed by atoms with Crippen LogP contribution in [0.3, 0.4) is 0 Å². The van der Waals surface area contributed by atoms with E-state index in [1.165, 1.54) is 17.0 Å². The number of hydrogen-bond acceptors (Lipinski definition) is 3. The summed E-state index contributed by atoms with van der Waals surface area (Å²) in [5, 5.41) is 2.84. The van der Waals surface area contributed by atoms with Gasteiger partial charge in [-0.3, -0.25) is 9.59 Å². The third kappa shape index (κ3) is 7.56. The molecular formula is C26H26FIN2O3. The van der Waals surface area contributed by atoms with E-state index < -0.39 is 6.04 Å². The van der Waals surface area contributed by atoms with Crippen LogP contribution in [0.1, 0.15) is 18.1 Å². The number of ether oxygens (including phenoxy) is 1. The van der Waals surface area contributed by atoms with Crippen molar-refractivity contribution in [3.63, 3.8) is 0 Å². The van der Waals surface area contributed by atoms with E-state index in [0.717, 1.165) is 14.7 Å². The summed E-state index contributed by atoms with van der Waals surface area (Å²) < 4.78 is 20.2. The second-order valence-electron chi connectivity index (χ2n) is 7.49. The lowest BCUT2D eigenvalue weighted by Gasteiger charge is -2.31. The number of likely N-dealkylation sites (N-methyl/N-ethyl adjacent to an activating group) is 1. The largest absolute Gasteiger partial charge is 0.484 e. The molecule has 172 valence electrons. The summed E-state index contributed by atoms with van der Waals surface area (Å²) >= 11 is 2.20. The average Bonchev–Trinajstić information content (AvgIpc) is 2.82. The topological polar surface area (TPSA) is 58.6 Å². The third-order valence-corrected chi connectivity index (χ3v) is 5.78. The van der Waals surface area contributed by atoms with Gasteiger partial charge in [-0.15, -0.1) is 0 Å². The van der Waals surface area contributed by atoms with Gasteiger partial charge in [0.2, 0.25) is 5.91 Å². The molecule has 0 fully saturated rings. The maximum Gasteiger partial charge on any atom is 0.261 e. The smallest absolute Gasteiger partial charge is 0.261 e. The van der Waals surface area contributed by atoms with Crippen molar-refractivity contribution in [2.45, 2.75) is 25.9 Å². The number of carbonyl (C=O) groups excluding carboxylic acids is 2. The highest BCUT2D eigenvalue weighted by molar-refractivity contribution is 14.1. The Bertz CT molecular complexity index is 1040. The average molecular weight is 560 g/mol. The van der Waals surface area contributed by atoms with Crippen molar-refractivity contribution >= 4 is 34.4 Å². The van der Waals surface area contributed by atoms with Gasteiger partial charge in [0.05, 0.1) is 0 Å². The fourth-order valence-electron chi connectivity index (χ4n) is 3.39. The SMILES string of the molecule is CCNC(=O)[C@H](Cc1ccccc1)N(Cc1ccc(F)cc1)C(=O)COc1ccc(I)cc1. The summed E-state index contributed by atoms with van der Waals surface area (Å²) in [5.74, 6) is -0.359. The first-order valence-corrected chi connectivity index (χ1v) is 11.8. The van der Waals surface area contributed by atoms with E-state index in [1.54, 1.807) is 24.3 Å². The van der Waals surface area contributed by atoms with Crippen molar-refractivity contribution < 1.29 is 18.7 Å². The maximum atomic E-state index is 13.4. The molecule has 0 saturated heterocycles. The first-order chi connectivity index (χ1) is 16.0. The number of halogens is 2. The predicted octanol–water partition coefficient (Wildman–Crippen LogP) is 4.59. The monoisotopic (exact) mass is 560 g/mol.